The molecule has 2 rings (SSSR count). The van der Waals surface area contributed by atoms with Crippen molar-refractivity contribution in [1.29, 1.82) is 0 Å². The quantitative estimate of drug-likeness (QED) is 0.856. The van der Waals surface area contributed by atoms with E-state index >= 15 is 0 Å². The molecule has 0 atom stereocenters. The molecule has 0 saturated carbocycles. The van der Waals surface area contributed by atoms with Gasteiger partial charge in [-0.25, -0.2) is 17.2 Å². The van der Waals surface area contributed by atoms with E-state index in [1.54, 1.807) is 19.1 Å². The molecule has 0 radical (unpaired) electrons. The number of nitrogens with one attached hydrogen (secondary N) is 1. The third-order valence-corrected chi connectivity index (χ3v) is 4.20. The molecule has 0 amide bonds. The van der Waals surface area contributed by atoms with E-state index in [1.165, 1.54) is 6.07 Å². The standard InChI is InChI=1S/C13H12F2N2O2S/c1-8-11(16)3-2-4-12(8)17-20(18,19)13-6-5-9(14)7-10(13)15/h2-7,17H,16H2,1H3. The third kappa shape index (κ3) is 2.72. The first kappa shape index (κ1) is 14.3. The Kier molecular flexibility index (Phi) is 3.63. The lowest BCUT2D eigenvalue weighted by molar-refractivity contribution is 0.551. The lowest BCUT2D eigenvalue weighted by atomic mass is 10.2. The Balaban J connectivity index is 2.44. The smallest absolute Gasteiger partial charge is 0.264 e. The second kappa shape index (κ2) is 5.09. The molecular weight excluding hydrogens is 286 g/mol. The SMILES string of the molecule is Cc1c(N)cccc1NS(=O)(=O)c1ccc(F)cc1F. The maximum absolute atomic E-state index is 13.5. The molecule has 3 N–H and O–H groups in total. The molecule has 0 aliphatic heterocycles. The second-order valence-electron chi connectivity index (χ2n) is 4.20. The Morgan fingerprint density at radius 2 is 1.85 bits per heavy atom. The fourth-order valence-electron chi connectivity index (χ4n) is 1.66. The van der Waals surface area contributed by atoms with E-state index in [9.17, 15) is 17.2 Å². The Hall–Kier alpha value is -2.15. The van der Waals surface area contributed by atoms with Crippen LogP contribution in [0.3, 0.4) is 0 Å². The first-order valence-corrected chi connectivity index (χ1v) is 7.12. The molecule has 2 aromatic carbocycles. The van der Waals surface area contributed by atoms with Crippen molar-refractivity contribution in [3.8, 4) is 0 Å². The first-order chi connectivity index (χ1) is 9.31. The maximum Gasteiger partial charge on any atom is 0.264 e. The van der Waals surface area contributed by atoms with Crippen molar-refractivity contribution in [3.63, 3.8) is 0 Å². The van der Waals surface area contributed by atoms with Gasteiger partial charge in [-0.1, -0.05) is 6.07 Å². The summed E-state index contributed by atoms with van der Waals surface area (Å²) in [5.74, 6) is -2.00. The van der Waals surface area contributed by atoms with E-state index in [4.69, 9.17) is 5.73 Å². The van der Waals surface area contributed by atoms with Crippen LogP contribution in [-0.2, 0) is 10.0 Å². The average Bonchev–Trinajstić information content (AvgIpc) is 2.34. The number of anilines is 2. The van der Waals surface area contributed by atoms with E-state index in [-0.39, 0.29) is 5.69 Å². The molecule has 0 fully saturated rings. The van der Waals surface area contributed by atoms with Crippen LogP contribution >= 0.6 is 0 Å². The van der Waals surface area contributed by atoms with Gasteiger partial charge >= 0.3 is 0 Å². The summed E-state index contributed by atoms with van der Waals surface area (Å²) < 4.78 is 52.8. The van der Waals surface area contributed by atoms with Crippen molar-refractivity contribution in [2.45, 2.75) is 11.8 Å². The zero-order valence-corrected chi connectivity index (χ0v) is 11.3. The summed E-state index contributed by atoms with van der Waals surface area (Å²) in [5, 5.41) is 0. The van der Waals surface area contributed by atoms with Crippen molar-refractivity contribution in [2.75, 3.05) is 10.5 Å². The molecule has 2 aromatic rings. The topological polar surface area (TPSA) is 72.2 Å². The van der Waals surface area contributed by atoms with E-state index in [0.29, 0.717) is 17.3 Å². The van der Waals surface area contributed by atoms with E-state index in [2.05, 4.69) is 4.72 Å². The van der Waals surface area contributed by atoms with Gasteiger partial charge < -0.3 is 5.73 Å². The van der Waals surface area contributed by atoms with Gasteiger partial charge in [0.05, 0.1) is 5.69 Å². The van der Waals surface area contributed by atoms with Crippen molar-refractivity contribution < 1.29 is 17.2 Å². The van der Waals surface area contributed by atoms with E-state index in [0.717, 1.165) is 12.1 Å². The number of benzene rings is 2. The fraction of sp³-hybridized carbons (Fsp3) is 0.0769. The summed E-state index contributed by atoms with van der Waals surface area (Å²) in [4.78, 5) is -0.624. The van der Waals surface area contributed by atoms with Gasteiger partial charge in [-0.15, -0.1) is 0 Å². The van der Waals surface area contributed by atoms with Crippen LogP contribution in [0.2, 0.25) is 0 Å². The number of nitrogen functional groups attached to an aromatic ring is 1. The predicted molar refractivity (Wildman–Crippen MR) is 72.8 cm³/mol. The van der Waals surface area contributed by atoms with Crippen LogP contribution in [0, 0.1) is 18.6 Å². The van der Waals surface area contributed by atoms with Crippen LogP contribution in [0.25, 0.3) is 0 Å². The number of sulfonamides is 1. The minimum absolute atomic E-state index is 0.244. The summed E-state index contributed by atoms with van der Waals surface area (Å²) >= 11 is 0. The highest BCUT2D eigenvalue weighted by atomic mass is 32.2. The maximum atomic E-state index is 13.5. The fourth-order valence-corrected chi connectivity index (χ4v) is 2.84. The van der Waals surface area contributed by atoms with Crippen molar-refractivity contribution >= 4 is 21.4 Å². The molecule has 0 aliphatic rings. The Morgan fingerprint density at radius 1 is 1.15 bits per heavy atom. The van der Waals surface area contributed by atoms with E-state index in [1.807, 2.05) is 0 Å². The number of rotatable bonds is 3. The highest BCUT2D eigenvalue weighted by molar-refractivity contribution is 7.92. The van der Waals surface area contributed by atoms with Crippen LogP contribution in [0.5, 0.6) is 0 Å². The molecule has 0 saturated heterocycles. The molecule has 0 spiro atoms. The molecule has 0 aliphatic carbocycles. The van der Waals surface area contributed by atoms with Crippen molar-refractivity contribution in [1.82, 2.24) is 0 Å². The highest BCUT2D eigenvalue weighted by Crippen LogP contribution is 2.24. The molecule has 7 heteroatoms. The Labute approximate surface area is 115 Å². The Morgan fingerprint density at radius 3 is 2.50 bits per heavy atom. The van der Waals surface area contributed by atoms with Gasteiger partial charge in [-0.05, 0) is 36.8 Å². The second-order valence-corrected chi connectivity index (χ2v) is 5.85. The summed E-state index contributed by atoms with van der Waals surface area (Å²) in [7, 11) is -4.15. The molecule has 0 aromatic heterocycles. The van der Waals surface area contributed by atoms with Gasteiger partial charge in [0.2, 0.25) is 0 Å². The monoisotopic (exact) mass is 298 g/mol. The highest BCUT2D eigenvalue weighted by Gasteiger charge is 2.20. The normalized spacial score (nSPS) is 11.3. The average molecular weight is 298 g/mol. The van der Waals surface area contributed by atoms with Crippen LogP contribution < -0.4 is 10.5 Å². The Bertz CT molecular complexity index is 761. The van der Waals surface area contributed by atoms with Crippen LogP contribution in [0.1, 0.15) is 5.56 Å². The molecule has 0 heterocycles. The van der Waals surface area contributed by atoms with Crippen molar-refractivity contribution in [2.24, 2.45) is 0 Å². The molecule has 20 heavy (non-hydrogen) atoms. The molecular formula is C13H12F2N2O2S. The lowest BCUT2D eigenvalue weighted by Crippen LogP contribution is -2.15. The number of hydrogen-bond acceptors (Lipinski definition) is 3. The van der Waals surface area contributed by atoms with Gasteiger partial charge in [-0.3, -0.25) is 4.72 Å². The summed E-state index contributed by atoms with van der Waals surface area (Å²) in [6.07, 6.45) is 0. The molecule has 106 valence electrons. The summed E-state index contributed by atoms with van der Waals surface area (Å²) in [5.41, 5.74) is 6.85. The van der Waals surface area contributed by atoms with Crippen LogP contribution in [0.15, 0.2) is 41.3 Å². The van der Waals surface area contributed by atoms with Gasteiger partial charge in [0, 0.05) is 11.8 Å². The lowest BCUT2D eigenvalue weighted by Gasteiger charge is -2.12. The van der Waals surface area contributed by atoms with Crippen LogP contribution in [-0.4, -0.2) is 8.42 Å². The van der Waals surface area contributed by atoms with E-state index < -0.39 is 26.6 Å². The zero-order chi connectivity index (χ0) is 14.9. The van der Waals surface area contributed by atoms with Gasteiger partial charge in [0.25, 0.3) is 10.0 Å². The minimum atomic E-state index is -4.15. The third-order valence-electron chi connectivity index (χ3n) is 2.80. The number of hydrogen-bond donors (Lipinski definition) is 2. The number of nitrogens with two attached hydrogens (primary N) is 1. The van der Waals surface area contributed by atoms with Gasteiger partial charge in [0.15, 0.2) is 0 Å². The van der Waals surface area contributed by atoms with Gasteiger partial charge in [0.1, 0.15) is 16.5 Å². The van der Waals surface area contributed by atoms with Crippen molar-refractivity contribution in [3.05, 3.63) is 53.6 Å². The molecule has 0 bridgehead atoms. The molecule has 0 unspecified atom stereocenters. The largest absolute Gasteiger partial charge is 0.398 e. The van der Waals surface area contributed by atoms with Gasteiger partial charge in [-0.2, -0.15) is 0 Å². The predicted octanol–water partition coefficient (Wildman–Crippen LogP) is 2.66. The summed E-state index contributed by atoms with van der Waals surface area (Å²) in [6.45, 7) is 1.63. The number of halogens is 2. The minimum Gasteiger partial charge on any atom is -0.398 e. The molecule has 4 nitrogen and oxygen atoms in total. The first-order valence-electron chi connectivity index (χ1n) is 5.64. The van der Waals surface area contributed by atoms with Crippen LogP contribution in [0.4, 0.5) is 20.2 Å². The zero-order valence-electron chi connectivity index (χ0n) is 10.5. The summed E-state index contributed by atoms with van der Waals surface area (Å²) in [6, 6.07) is 6.96.